The predicted molar refractivity (Wildman–Crippen MR) is 46.5 cm³/mol. The average molecular weight is 370 g/mol. The Balaban J connectivity index is -0.0000000533. The van der Waals surface area contributed by atoms with Crippen LogP contribution < -0.4 is 0 Å². The van der Waals surface area contributed by atoms with Crippen molar-refractivity contribution in [1.82, 2.24) is 0 Å². The number of hydrogen-bond donors (Lipinski definition) is 0. The molecule has 21 heavy (non-hydrogen) atoms. The van der Waals surface area contributed by atoms with E-state index >= 15 is 0 Å². The predicted octanol–water partition coefficient (Wildman–Crippen LogP) is 4.82. The molecule has 0 spiro atoms. The second kappa shape index (κ2) is 12.7. The van der Waals surface area contributed by atoms with E-state index in [0.29, 0.717) is 0 Å². The van der Waals surface area contributed by atoms with Crippen molar-refractivity contribution in [2.45, 2.75) is 0 Å². The zero-order chi connectivity index (χ0) is 18.0. The molecule has 0 amide bonds. The molecule has 0 heterocycles. The van der Waals surface area contributed by atoms with Gasteiger partial charge in [-0.05, 0) is 0 Å². The van der Waals surface area contributed by atoms with Gasteiger partial charge in [-0.1, -0.05) is 0 Å². The molecule has 0 aliphatic carbocycles. The molecule has 0 aromatic carbocycles. The second-order valence-corrected chi connectivity index (χ2v) is 1.98. The van der Waals surface area contributed by atoms with Crippen LogP contribution in [0, 0.1) is 0 Å². The molecule has 0 nitrogen and oxygen atoms in total. The van der Waals surface area contributed by atoms with Gasteiger partial charge in [0.15, 0.2) is 0 Å². The van der Waals surface area contributed by atoms with Crippen molar-refractivity contribution in [1.29, 1.82) is 0 Å². The van der Waals surface area contributed by atoms with Crippen LogP contribution in [-0.2, 0) is 0 Å². The minimum atomic E-state index is -6.00. The summed E-state index contributed by atoms with van der Waals surface area (Å²) in [6.45, 7) is 0. The van der Waals surface area contributed by atoms with Crippen LogP contribution in [0.1, 0.15) is 0 Å². The average Bonchev–Trinajstić information content (AvgIpc) is 1.62. The van der Waals surface area contributed by atoms with Crippen LogP contribution in [0.25, 0.3) is 0 Å². The van der Waals surface area contributed by atoms with Crippen LogP contribution in [-0.4, -0.2) is 58.6 Å². The van der Waals surface area contributed by atoms with Gasteiger partial charge in [-0.3, -0.25) is 0 Å². The molecule has 0 aliphatic heterocycles. The summed E-state index contributed by atoms with van der Waals surface area (Å²) in [7, 11) is -24.0. The first kappa shape index (κ1) is 32.9. The molecule has 0 aromatic rings. The van der Waals surface area contributed by atoms with Crippen LogP contribution in [0.2, 0.25) is 0 Å². The molecule has 0 aromatic heterocycles. The maximum atomic E-state index is 9.75. The molecule has 1 radical (unpaired) electrons. The molecular weight excluding hydrogens is 370 g/mol. The zero-order valence-corrected chi connectivity index (χ0v) is 11.4. The van der Waals surface area contributed by atoms with Gasteiger partial charge < -0.3 is 69.1 Å². The molecule has 0 saturated carbocycles. The molecule has 129 valence electrons. The minimum absolute atomic E-state index is 0. The Bertz CT molecular complexity index is 130. The molecule has 21 heteroatoms. The Kier molecular flexibility index (Phi) is 19.8. The summed E-state index contributed by atoms with van der Waals surface area (Å²) in [6, 6.07) is 0. The Morgan fingerprint density at radius 2 is 0.238 bits per heavy atom. The van der Waals surface area contributed by atoms with Gasteiger partial charge >= 0.3 is 29.0 Å². The smallest absolute Gasteiger partial charge is 0.418 e. The first-order chi connectivity index (χ1) is 8.00. The van der Waals surface area contributed by atoms with E-state index in [9.17, 15) is 69.1 Å². The molecule has 0 unspecified atom stereocenters. The van der Waals surface area contributed by atoms with Gasteiger partial charge in [0.05, 0.1) is 0 Å². The Hall–Kier alpha value is 0.140. The summed E-state index contributed by atoms with van der Waals surface area (Å²) >= 11 is 0. The zero-order valence-electron chi connectivity index (χ0n) is 9.36. The second-order valence-electron chi connectivity index (χ2n) is 1.98. The van der Waals surface area contributed by atoms with Crippen LogP contribution in [0.4, 0.5) is 69.1 Å². The Labute approximate surface area is 128 Å². The minimum Gasteiger partial charge on any atom is -0.418 e. The molecule has 0 N–H and O–H groups in total. The molecule has 0 rings (SSSR count). The van der Waals surface area contributed by atoms with Crippen molar-refractivity contribution in [3.63, 3.8) is 0 Å². The summed E-state index contributed by atoms with van der Waals surface area (Å²) in [5.41, 5.74) is 0. The van der Waals surface area contributed by atoms with Gasteiger partial charge in [-0.15, -0.1) is 0 Å². The summed E-state index contributed by atoms with van der Waals surface area (Å²) in [5.74, 6) is 0. The van der Waals surface area contributed by atoms with E-state index in [1.165, 1.54) is 0 Å². The SMILES string of the molecule is F[B-](F)(F)F.F[B-](F)(F)F.F[B-](F)(F)F.F[B-](F)(F)F.[Na]. The van der Waals surface area contributed by atoms with E-state index in [-0.39, 0.29) is 29.6 Å². The summed E-state index contributed by atoms with van der Waals surface area (Å²) in [6.07, 6.45) is 0. The van der Waals surface area contributed by atoms with E-state index in [2.05, 4.69) is 0 Å². The molecular formula is B4F16Na-4. The summed E-state index contributed by atoms with van der Waals surface area (Å²) in [4.78, 5) is 0. The van der Waals surface area contributed by atoms with Gasteiger partial charge in [-0.2, -0.15) is 0 Å². The Morgan fingerprint density at radius 1 is 0.238 bits per heavy atom. The van der Waals surface area contributed by atoms with E-state index in [1.807, 2.05) is 0 Å². The van der Waals surface area contributed by atoms with Crippen molar-refractivity contribution in [2.24, 2.45) is 0 Å². The number of halogens is 16. The molecule has 0 saturated heterocycles. The van der Waals surface area contributed by atoms with Crippen molar-refractivity contribution < 1.29 is 69.1 Å². The maximum absolute atomic E-state index is 9.75. The van der Waals surface area contributed by atoms with E-state index in [0.717, 1.165) is 0 Å². The van der Waals surface area contributed by atoms with Gasteiger partial charge in [0.1, 0.15) is 0 Å². The van der Waals surface area contributed by atoms with Gasteiger partial charge in [-0.25, -0.2) is 0 Å². The van der Waals surface area contributed by atoms with E-state index in [1.54, 1.807) is 0 Å². The fourth-order valence-corrected chi connectivity index (χ4v) is 0. The van der Waals surface area contributed by atoms with Gasteiger partial charge in [0.2, 0.25) is 0 Å². The first-order valence-corrected chi connectivity index (χ1v) is 3.49. The fourth-order valence-electron chi connectivity index (χ4n) is 0. The van der Waals surface area contributed by atoms with Crippen LogP contribution in [0.15, 0.2) is 0 Å². The molecule has 0 bridgehead atoms. The number of hydrogen-bond acceptors (Lipinski definition) is 0. The normalized spacial score (nSPS) is 11.4. The molecule has 0 fully saturated rings. The third-order valence-electron chi connectivity index (χ3n) is 0. The Morgan fingerprint density at radius 3 is 0.238 bits per heavy atom. The largest absolute Gasteiger partial charge is 0.673 e. The quantitative estimate of drug-likeness (QED) is 0.424. The van der Waals surface area contributed by atoms with Crippen LogP contribution >= 0.6 is 0 Å². The molecule has 0 atom stereocenters. The van der Waals surface area contributed by atoms with Crippen LogP contribution in [0.5, 0.6) is 0 Å². The maximum Gasteiger partial charge on any atom is 0.673 e. The fraction of sp³-hybridized carbons (Fsp3) is 0. The van der Waals surface area contributed by atoms with Gasteiger partial charge in [0, 0.05) is 29.6 Å². The van der Waals surface area contributed by atoms with Crippen molar-refractivity contribution >= 4 is 58.6 Å². The van der Waals surface area contributed by atoms with Gasteiger partial charge in [0.25, 0.3) is 0 Å². The van der Waals surface area contributed by atoms with Crippen LogP contribution in [0.3, 0.4) is 0 Å². The summed E-state index contributed by atoms with van der Waals surface area (Å²) in [5, 5.41) is 0. The van der Waals surface area contributed by atoms with Crippen molar-refractivity contribution in [3.8, 4) is 0 Å². The standard InChI is InChI=1S/4BF4.Na/c4*2-1(3,4)5;/q4*-1;. The number of rotatable bonds is 0. The topological polar surface area (TPSA) is 0 Å². The third-order valence-corrected chi connectivity index (χ3v) is 0. The van der Waals surface area contributed by atoms with Crippen molar-refractivity contribution in [2.75, 3.05) is 0 Å². The summed E-state index contributed by atoms with van der Waals surface area (Å²) < 4.78 is 156. The van der Waals surface area contributed by atoms with E-state index < -0.39 is 29.0 Å². The van der Waals surface area contributed by atoms with Crippen molar-refractivity contribution in [3.05, 3.63) is 0 Å². The van der Waals surface area contributed by atoms with E-state index in [4.69, 9.17) is 0 Å². The molecule has 0 aliphatic rings. The monoisotopic (exact) mass is 371 g/mol. The first-order valence-electron chi connectivity index (χ1n) is 3.49. The third kappa shape index (κ3) is 339000.